The Morgan fingerprint density at radius 2 is 2.14 bits per heavy atom. The van der Waals surface area contributed by atoms with Crippen LogP contribution in [-0.2, 0) is 13.0 Å². The average Bonchev–Trinajstić information content (AvgIpc) is 2.49. The van der Waals surface area contributed by atoms with Crippen LogP contribution in [0.15, 0.2) is 36.4 Å². The van der Waals surface area contributed by atoms with Crippen molar-refractivity contribution in [3.8, 4) is 5.75 Å². The number of halogens is 2. The Labute approximate surface area is 128 Å². The van der Waals surface area contributed by atoms with Gasteiger partial charge in [-0.25, -0.2) is 4.39 Å². The third-order valence-electron chi connectivity index (χ3n) is 3.83. The van der Waals surface area contributed by atoms with Crippen LogP contribution in [0.5, 0.6) is 5.75 Å². The summed E-state index contributed by atoms with van der Waals surface area (Å²) in [7, 11) is 0. The molecule has 1 aliphatic carbocycles. The summed E-state index contributed by atoms with van der Waals surface area (Å²) in [5.74, 6) is 0.216. The highest BCUT2D eigenvalue weighted by Gasteiger charge is 2.18. The molecule has 2 nitrogen and oxygen atoms in total. The van der Waals surface area contributed by atoms with Crippen molar-refractivity contribution in [2.75, 3.05) is 0 Å². The Morgan fingerprint density at radius 1 is 1.29 bits per heavy atom. The average molecular weight is 307 g/mol. The van der Waals surface area contributed by atoms with E-state index in [9.17, 15) is 9.50 Å². The molecule has 1 atom stereocenters. The monoisotopic (exact) mass is 306 g/mol. The van der Waals surface area contributed by atoms with E-state index in [0.717, 1.165) is 24.8 Å². The van der Waals surface area contributed by atoms with Gasteiger partial charge in [0, 0.05) is 5.56 Å². The second-order valence-electron chi connectivity index (χ2n) is 5.27. The molecule has 0 fully saturated rings. The van der Waals surface area contributed by atoms with Gasteiger partial charge in [0.15, 0.2) is 0 Å². The lowest BCUT2D eigenvalue weighted by Crippen LogP contribution is -2.09. The number of rotatable bonds is 3. The molecule has 0 bridgehead atoms. The van der Waals surface area contributed by atoms with Gasteiger partial charge in [-0.15, -0.1) is 0 Å². The molecule has 0 aliphatic heterocycles. The second kappa shape index (κ2) is 6.04. The van der Waals surface area contributed by atoms with Crippen molar-refractivity contribution in [1.29, 1.82) is 0 Å². The minimum atomic E-state index is -0.446. The Bertz CT molecular complexity index is 657. The predicted molar refractivity (Wildman–Crippen MR) is 80.1 cm³/mol. The van der Waals surface area contributed by atoms with Gasteiger partial charge in [-0.05, 0) is 48.6 Å². The number of aliphatic hydroxyl groups is 1. The Kier molecular flexibility index (Phi) is 4.13. The second-order valence-corrected chi connectivity index (χ2v) is 5.65. The van der Waals surface area contributed by atoms with Gasteiger partial charge < -0.3 is 9.84 Å². The lowest BCUT2D eigenvalue weighted by atomic mass is 9.89. The fourth-order valence-electron chi connectivity index (χ4n) is 2.66. The fraction of sp³-hybridized carbons (Fsp3) is 0.294. The molecule has 0 radical (unpaired) electrons. The van der Waals surface area contributed by atoms with Crippen LogP contribution in [0.1, 0.15) is 35.6 Å². The Balaban J connectivity index is 1.77. The van der Waals surface area contributed by atoms with Gasteiger partial charge in [0.2, 0.25) is 0 Å². The lowest BCUT2D eigenvalue weighted by molar-refractivity contribution is 0.156. The van der Waals surface area contributed by atoms with E-state index in [1.54, 1.807) is 12.1 Å². The third-order valence-corrected chi connectivity index (χ3v) is 4.25. The Morgan fingerprint density at radius 3 is 3.00 bits per heavy atom. The zero-order chi connectivity index (χ0) is 14.8. The highest BCUT2D eigenvalue weighted by molar-refractivity contribution is 6.31. The quantitative estimate of drug-likeness (QED) is 0.909. The van der Waals surface area contributed by atoms with E-state index >= 15 is 0 Å². The first-order valence-electron chi connectivity index (χ1n) is 7.02. The molecule has 1 N–H and O–H groups in total. The van der Waals surface area contributed by atoms with Gasteiger partial charge in [0.05, 0.1) is 11.1 Å². The summed E-state index contributed by atoms with van der Waals surface area (Å²) in [6.45, 7) is 0.200. The van der Waals surface area contributed by atoms with Crippen molar-refractivity contribution in [2.45, 2.75) is 32.0 Å². The molecule has 0 aromatic heterocycles. The van der Waals surface area contributed by atoms with E-state index < -0.39 is 11.9 Å². The number of aryl methyl sites for hydroxylation is 1. The lowest BCUT2D eigenvalue weighted by Gasteiger charge is -2.22. The summed E-state index contributed by atoms with van der Waals surface area (Å²) in [6, 6.07) is 10.4. The molecule has 1 unspecified atom stereocenters. The van der Waals surface area contributed by atoms with Gasteiger partial charge in [-0.1, -0.05) is 29.8 Å². The van der Waals surface area contributed by atoms with Crippen molar-refractivity contribution >= 4 is 11.6 Å². The molecule has 0 saturated heterocycles. The minimum Gasteiger partial charge on any atom is -0.489 e. The van der Waals surface area contributed by atoms with Crippen molar-refractivity contribution < 1.29 is 14.2 Å². The normalized spacial score (nSPS) is 17.4. The van der Waals surface area contributed by atoms with Gasteiger partial charge in [0.1, 0.15) is 18.2 Å². The van der Waals surface area contributed by atoms with Crippen LogP contribution in [0.3, 0.4) is 0 Å². The first kappa shape index (κ1) is 14.4. The molecule has 4 heteroatoms. The van der Waals surface area contributed by atoms with Crippen molar-refractivity contribution in [1.82, 2.24) is 0 Å². The van der Waals surface area contributed by atoms with Gasteiger partial charge in [-0.2, -0.15) is 0 Å². The summed E-state index contributed by atoms with van der Waals surface area (Å²) in [5.41, 5.74) is 2.71. The maximum Gasteiger partial charge on any atom is 0.142 e. The molecule has 0 saturated carbocycles. The third kappa shape index (κ3) is 3.04. The molecule has 2 aromatic rings. The fourth-order valence-corrected chi connectivity index (χ4v) is 2.84. The number of hydrogen-bond donors (Lipinski definition) is 1. The first-order chi connectivity index (χ1) is 10.1. The van der Waals surface area contributed by atoms with E-state index in [1.165, 1.54) is 11.6 Å². The van der Waals surface area contributed by atoms with Crippen LogP contribution in [-0.4, -0.2) is 5.11 Å². The zero-order valence-electron chi connectivity index (χ0n) is 11.5. The van der Waals surface area contributed by atoms with Gasteiger partial charge in [0.25, 0.3) is 0 Å². The highest BCUT2D eigenvalue weighted by atomic mass is 35.5. The first-order valence-corrected chi connectivity index (χ1v) is 7.39. The maximum atomic E-state index is 13.4. The number of aliphatic hydroxyl groups excluding tert-OH is 1. The predicted octanol–water partition coefficient (Wildman–Crippen LogP) is 4.43. The molecule has 0 amide bonds. The van der Waals surface area contributed by atoms with Crippen LogP contribution in [0, 0.1) is 5.82 Å². The minimum absolute atomic E-state index is 0.0931. The zero-order valence-corrected chi connectivity index (χ0v) is 12.2. The molecule has 0 spiro atoms. The van der Waals surface area contributed by atoms with Gasteiger partial charge >= 0.3 is 0 Å². The standard InChI is InChI=1S/C17H16ClFO2/c18-17-12(4-1-5-15(17)19)10-21-13-8-7-11-3-2-6-16(20)14(11)9-13/h1,4-5,7-9,16,20H,2-3,6,10H2. The SMILES string of the molecule is OC1CCCc2ccc(OCc3cccc(F)c3Cl)cc21. The van der Waals surface area contributed by atoms with E-state index in [4.69, 9.17) is 16.3 Å². The van der Waals surface area contributed by atoms with E-state index in [-0.39, 0.29) is 11.6 Å². The summed E-state index contributed by atoms with van der Waals surface area (Å²) in [6.07, 6.45) is 2.36. The molecule has 21 heavy (non-hydrogen) atoms. The smallest absolute Gasteiger partial charge is 0.142 e. The van der Waals surface area contributed by atoms with Crippen LogP contribution >= 0.6 is 11.6 Å². The van der Waals surface area contributed by atoms with Crippen molar-refractivity contribution in [3.05, 3.63) is 63.9 Å². The van der Waals surface area contributed by atoms with Crippen LogP contribution in [0.25, 0.3) is 0 Å². The summed E-state index contributed by atoms with van der Waals surface area (Å²) < 4.78 is 19.0. The molecule has 110 valence electrons. The molecular formula is C17H16ClFO2. The number of ether oxygens (including phenoxy) is 1. The Hall–Kier alpha value is -1.58. The van der Waals surface area contributed by atoms with Crippen LogP contribution < -0.4 is 4.74 Å². The molecule has 2 aromatic carbocycles. The summed E-state index contributed by atoms with van der Waals surface area (Å²) in [5, 5.41) is 10.1. The molecular weight excluding hydrogens is 291 g/mol. The summed E-state index contributed by atoms with van der Waals surface area (Å²) in [4.78, 5) is 0. The van der Waals surface area contributed by atoms with Crippen molar-refractivity contribution in [2.24, 2.45) is 0 Å². The van der Waals surface area contributed by atoms with Gasteiger partial charge in [-0.3, -0.25) is 0 Å². The van der Waals surface area contributed by atoms with E-state index in [2.05, 4.69) is 0 Å². The summed E-state index contributed by atoms with van der Waals surface area (Å²) >= 11 is 5.90. The number of fused-ring (bicyclic) bond motifs is 1. The van der Waals surface area contributed by atoms with Crippen molar-refractivity contribution in [3.63, 3.8) is 0 Å². The molecule has 3 rings (SSSR count). The van der Waals surface area contributed by atoms with E-state index in [0.29, 0.717) is 11.3 Å². The molecule has 1 aliphatic rings. The van der Waals surface area contributed by atoms with E-state index in [1.807, 2.05) is 18.2 Å². The van der Waals surface area contributed by atoms with Crippen LogP contribution in [0.4, 0.5) is 4.39 Å². The maximum absolute atomic E-state index is 13.4. The topological polar surface area (TPSA) is 29.5 Å². The largest absolute Gasteiger partial charge is 0.489 e. The number of hydrogen-bond acceptors (Lipinski definition) is 2. The van der Waals surface area contributed by atoms with Crippen LogP contribution in [0.2, 0.25) is 5.02 Å². The molecule has 0 heterocycles. The highest BCUT2D eigenvalue weighted by Crippen LogP contribution is 2.32. The number of benzene rings is 2.